The number of hydrogen-bond acceptors (Lipinski definition) is 5. The first kappa shape index (κ1) is 14.4. The molecule has 1 aromatic rings. The molecule has 2 heterocycles. The summed E-state index contributed by atoms with van der Waals surface area (Å²) >= 11 is 0. The average Bonchev–Trinajstić information content (AvgIpc) is 2.96. The summed E-state index contributed by atoms with van der Waals surface area (Å²) in [6.45, 7) is 3.92. The minimum Gasteiger partial charge on any atom is -0.477 e. The lowest BCUT2D eigenvalue weighted by Crippen LogP contribution is -2.34. The molecule has 6 nitrogen and oxygen atoms in total. The molecule has 0 amide bonds. The molecule has 0 saturated heterocycles. The number of aromatic nitrogens is 2. The van der Waals surface area contributed by atoms with E-state index in [2.05, 4.69) is 15.3 Å². The molecule has 1 aromatic heterocycles. The molecule has 1 fully saturated rings. The second-order valence-electron chi connectivity index (χ2n) is 5.69. The topological polar surface area (TPSA) is 84.3 Å². The molecule has 1 saturated carbocycles. The molecule has 0 radical (unpaired) electrons. The van der Waals surface area contributed by atoms with Gasteiger partial charge in [0.15, 0.2) is 11.5 Å². The quantitative estimate of drug-likeness (QED) is 0.877. The normalized spacial score (nSPS) is 20.2. The van der Waals surface area contributed by atoms with Crippen molar-refractivity contribution in [2.45, 2.75) is 51.2 Å². The number of nitrogens with one attached hydrogen (secondary N) is 1. The van der Waals surface area contributed by atoms with Crippen LogP contribution in [-0.4, -0.2) is 34.2 Å². The Kier molecular flexibility index (Phi) is 3.91. The van der Waals surface area contributed by atoms with Gasteiger partial charge in [0.05, 0.1) is 5.69 Å². The van der Waals surface area contributed by atoms with Crippen LogP contribution in [0, 0.1) is 0 Å². The van der Waals surface area contributed by atoms with Gasteiger partial charge in [-0.15, -0.1) is 0 Å². The second-order valence-corrected chi connectivity index (χ2v) is 5.69. The van der Waals surface area contributed by atoms with Gasteiger partial charge in [0.25, 0.3) is 0 Å². The molecule has 6 heteroatoms. The van der Waals surface area contributed by atoms with Gasteiger partial charge >= 0.3 is 5.97 Å². The van der Waals surface area contributed by atoms with Crippen LogP contribution in [-0.2, 0) is 23.3 Å². The fourth-order valence-corrected chi connectivity index (χ4v) is 3.40. The van der Waals surface area contributed by atoms with Gasteiger partial charge in [-0.25, -0.2) is 14.8 Å². The lowest BCUT2D eigenvalue weighted by atomic mass is 9.98. The lowest BCUT2D eigenvalue weighted by molar-refractivity contribution is -0.0460. The van der Waals surface area contributed by atoms with Crippen molar-refractivity contribution < 1.29 is 14.6 Å². The first-order chi connectivity index (χ1) is 10.2. The monoisotopic (exact) mass is 291 g/mol. The molecule has 2 N–H and O–H groups in total. The summed E-state index contributed by atoms with van der Waals surface area (Å²) in [7, 11) is 0. The molecule has 0 spiro atoms. The number of aromatic carboxylic acids is 1. The van der Waals surface area contributed by atoms with E-state index in [1.54, 1.807) is 0 Å². The van der Waals surface area contributed by atoms with E-state index in [9.17, 15) is 9.90 Å². The van der Waals surface area contributed by atoms with E-state index >= 15 is 0 Å². The number of rotatable bonds is 4. The van der Waals surface area contributed by atoms with Gasteiger partial charge in [0.2, 0.25) is 0 Å². The fraction of sp³-hybridized carbons (Fsp3) is 0.667. The molecule has 1 aliphatic heterocycles. The van der Waals surface area contributed by atoms with Crippen LogP contribution in [0.25, 0.3) is 0 Å². The number of carboxylic acids is 1. The minimum absolute atomic E-state index is 0.155. The summed E-state index contributed by atoms with van der Waals surface area (Å²) in [5.74, 6) is -0.414. The van der Waals surface area contributed by atoms with E-state index in [4.69, 9.17) is 4.74 Å². The molecular weight excluding hydrogens is 270 g/mol. The van der Waals surface area contributed by atoms with Gasteiger partial charge in [0.1, 0.15) is 5.60 Å². The van der Waals surface area contributed by atoms with E-state index in [0.29, 0.717) is 25.4 Å². The fourth-order valence-electron chi connectivity index (χ4n) is 3.40. The van der Waals surface area contributed by atoms with E-state index in [-0.39, 0.29) is 5.69 Å². The van der Waals surface area contributed by atoms with Crippen molar-refractivity contribution in [2.75, 3.05) is 13.2 Å². The highest BCUT2D eigenvalue weighted by Crippen LogP contribution is 2.41. The van der Waals surface area contributed by atoms with Crippen LogP contribution in [0.3, 0.4) is 0 Å². The Morgan fingerprint density at radius 1 is 1.38 bits per heavy atom. The van der Waals surface area contributed by atoms with E-state index < -0.39 is 11.6 Å². The third kappa shape index (κ3) is 2.53. The Morgan fingerprint density at radius 3 is 2.81 bits per heavy atom. The SMILES string of the molecule is CCOC1(c2nc3c(c(C(=O)O)n2)CCNC3)CCCC1. The lowest BCUT2D eigenvalue weighted by Gasteiger charge is -2.29. The highest BCUT2D eigenvalue weighted by molar-refractivity contribution is 5.87. The van der Waals surface area contributed by atoms with E-state index in [0.717, 1.165) is 43.5 Å². The third-order valence-electron chi connectivity index (χ3n) is 4.38. The number of ether oxygens (including phenoxy) is 1. The van der Waals surface area contributed by atoms with Crippen LogP contribution in [0.5, 0.6) is 0 Å². The van der Waals surface area contributed by atoms with E-state index in [1.165, 1.54) is 0 Å². The molecule has 0 unspecified atom stereocenters. The Morgan fingerprint density at radius 2 is 2.14 bits per heavy atom. The van der Waals surface area contributed by atoms with Crippen molar-refractivity contribution in [3.63, 3.8) is 0 Å². The number of carbonyl (C=O) groups is 1. The maximum Gasteiger partial charge on any atom is 0.354 e. The molecule has 0 bridgehead atoms. The van der Waals surface area contributed by atoms with Gasteiger partial charge in [-0.2, -0.15) is 0 Å². The molecule has 21 heavy (non-hydrogen) atoms. The predicted octanol–water partition coefficient (Wildman–Crippen LogP) is 1.63. The average molecular weight is 291 g/mol. The maximum absolute atomic E-state index is 11.6. The maximum atomic E-state index is 11.6. The third-order valence-corrected chi connectivity index (χ3v) is 4.38. The van der Waals surface area contributed by atoms with Crippen LogP contribution in [0.2, 0.25) is 0 Å². The van der Waals surface area contributed by atoms with Crippen LogP contribution >= 0.6 is 0 Å². The Bertz CT molecular complexity index is 553. The summed E-state index contributed by atoms with van der Waals surface area (Å²) in [5.41, 5.74) is 1.25. The molecule has 0 aromatic carbocycles. The van der Waals surface area contributed by atoms with Gasteiger partial charge in [-0.1, -0.05) is 0 Å². The predicted molar refractivity (Wildman–Crippen MR) is 76.2 cm³/mol. The van der Waals surface area contributed by atoms with Gasteiger partial charge in [0, 0.05) is 18.7 Å². The highest BCUT2D eigenvalue weighted by atomic mass is 16.5. The number of fused-ring (bicyclic) bond motifs is 1. The zero-order chi connectivity index (χ0) is 14.9. The van der Waals surface area contributed by atoms with Gasteiger partial charge < -0.3 is 15.2 Å². The Labute approximate surface area is 123 Å². The van der Waals surface area contributed by atoms with Crippen molar-refractivity contribution in [2.24, 2.45) is 0 Å². The summed E-state index contributed by atoms with van der Waals surface area (Å²) < 4.78 is 5.96. The summed E-state index contributed by atoms with van der Waals surface area (Å²) in [5, 5.41) is 12.7. The van der Waals surface area contributed by atoms with E-state index in [1.807, 2.05) is 6.92 Å². The van der Waals surface area contributed by atoms with Crippen molar-refractivity contribution in [3.8, 4) is 0 Å². The molecule has 0 atom stereocenters. The van der Waals surface area contributed by atoms with Crippen molar-refractivity contribution in [3.05, 3.63) is 22.8 Å². The van der Waals surface area contributed by atoms with Gasteiger partial charge in [-0.05, 0) is 45.6 Å². The molecular formula is C15H21N3O3. The summed E-state index contributed by atoms with van der Waals surface area (Å²) in [6, 6.07) is 0. The van der Waals surface area contributed by atoms with Crippen molar-refractivity contribution in [1.29, 1.82) is 0 Å². The van der Waals surface area contributed by atoms with Gasteiger partial charge in [-0.3, -0.25) is 0 Å². The van der Waals surface area contributed by atoms with Crippen molar-refractivity contribution in [1.82, 2.24) is 15.3 Å². The van der Waals surface area contributed by atoms with Crippen LogP contribution in [0.1, 0.15) is 60.2 Å². The summed E-state index contributed by atoms with van der Waals surface area (Å²) in [4.78, 5) is 20.6. The zero-order valence-corrected chi connectivity index (χ0v) is 12.3. The Balaban J connectivity index is 2.10. The van der Waals surface area contributed by atoms with Crippen molar-refractivity contribution >= 4 is 5.97 Å². The highest BCUT2D eigenvalue weighted by Gasteiger charge is 2.40. The van der Waals surface area contributed by atoms with Crippen LogP contribution in [0.4, 0.5) is 0 Å². The zero-order valence-electron chi connectivity index (χ0n) is 12.3. The largest absolute Gasteiger partial charge is 0.477 e. The molecule has 3 rings (SSSR count). The van der Waals surface area contributed by atoms with Crippen LogP contribution < -0.4 is 5.32 Å². The molecule has 2 aliphatic rings. The number of hydrogen-bond donors (Lipinski definition) is 2. The second kappa shape index (κ2) is 5.69. The number of carboxylic acid groups (broad SMARTS) is 1. The standard InChI is InChI=1S/C15H21N3O3/c1-2-21-15(6-3-4-7-15)14-17-11-9-16-8-5-10(11)12(18-14)13(19)20/h16H,2-9H2,1H3,(H,19,20). The molecule has 1 aliphatic carbocycles. The first-order valence-electron chi connectivity index (χ1n) is 7.64. The number of nitrogens with zero attached hydrogens (tertiary/aromatic N) is 2. The minimum atomic E-state index is -0.971. The first-order valence-corrected chi connectivity index (χ1v) is 7.64. The summed E-state index contributed by atoms with van der Waals surface area (Å²) in [6.07, 6.45) is 4.54. The smallest absolute Gasteiger partial charge is 0.354 e. The Hall–Kier alpha value is -1.53. The van der Waals surface area contributed by atoms with Crippen LogP contribution in [0.15, 0.2) is 0 Å². The molecule has 114 valence electrons.